The zero-order valence-corrected chi connectivity index (χ0v) is 19.7. The number of imide groups is 2. The highest BCUT2D eigenvalue weighted by atomic mass is 16.5. The van der Waals surface area contributed by atoms with Crippen molar-refractivity contribution in [2.75, 3.05) is 19.1 Å². The maximum absolute atomic E-state index is 13.5. The Morgan fingerprint density at radius 2 is 1.64 bits per heavy atom. The molecule has 3 aromatic carbocycles. The van der Waals surface area contributed by atoms with Crippen LogP contribution >= 0.6 is 0 Å². The minimum absolute atomic E-state index is 0.165. The van der Waals surface area contributed by atoms with E-state index < -0.39 is 17.8 Å². The molecule has 0 aliphatic carbocycles. The topological polar surface area (TPSA) is 89.9 Å². The van der Waals surface area contributed by atoms with Gasteiger partial charge in [0.05, 0.1) is 19.9 Å². The number of carbonyl (C=O) groups is 3. The second kappa shape index (κ2) is 9.42. The first kappa shape index (κ1) is 22.9. The highest BCUT2D eigenvalue weighted by molar-refractivity contribution is 6.39. The minimum atomic E-state index is -0.861. The normalized spacial score (nSPS) is 14.9. The third kappa shape index (κ3) is 4.09. The van der Waals surface area contributed by atoms with Gasteiger partial charge in [0, 0.05) is 35.3 Å². The van der Waals surface area contributed by atoms with Crippen molar-refractivity contribution in [1.29, 1.82) is 0 Å². The molecule has 4 amide bonds. The molecule has 0 unspecified atom stereocenters. The number of carbonyl (C=O) groups excluding carboxylic acids is 3. The van der Waals surface area contributed by atoms with Crippen LogP contribution in [-0.2, 0) is 16.1 Å². The molecule has 5 rings (SSSR count). The molecule has 1 saturated heterocycles. The Kier molecular flexibility index (Phi) is 6.00. The molecule has 1 aromatic heterocycles. The van der Waals surface area contributed by atoms with Gasteiger partial charge in [0.25, 0.3) is 11.8 Å². The molecule has 1 N–H and O–H groups in total. The molecule has 1 aliphatic rings. The number of urea groups is 1. The van der Waals surface area contributed by atoms with Gasteiger partial charge in [-0.3, -0.25) is 14.9 Å². The van der Waals surface area contributed by atoms with Crippen LogP contribution in [0.15, 0.2) is 84.6 Å². The Labute approximate surface area is 207 Å². The van der Waals surface area contributed by atoms with E-state index in [1.165, 1.54) is 26.4 Å². The lowest BCUT2D eigenvalue weighted by atomic mass is 10.1. The molecule has 1 fully saturated rings. The van der Waals surface area contributed by atoms with Crippen molar-refractivity contribution < 1.29 is 23.9 Å². The molecule has 8 heteroatoms. The van der Waals surface area contributed by atoms with Crippen molar-refractivity contribution in [2.24, 2.45) is 0 Å². The molecule has 180 valence electrons. The van der Waals surface area contributed by atoms with Crippen LogP contribution < -0.4 is 19.7 Å². The van der Waals surface area contributed by atoms with Crippen molar-refractivity contribution in [3.05, 3.63) is 95.7 Å². The van der Waals surface area contributed by atoms with Crippen molar-refractivity contribution in [3.8, 4) is 11.5 Å². The standard InChI is InChI=1S/C28H23N3O5/c1-35-20-12-13-25(36-2)24(15-20)31-27(33)22(26(32)29-28(31)34)14-19-17-30(16-18-8-4-3-5-9-18)23-11-7-6-10-21(19)23/h3-15,17H,16H2,1-2H3,(H,29,32,34). The molecule has 4 aromatic rings. The average Bonchev–Trinajstić information content (AvgIpc) is 3.24. The summed E-state index contributed by atoms with van der Waals surface area (Å²) in [5.74, 6) is -0.802. The number of amides is 4. The third-order valence-corrected chi connectivity index (χ3v) is 6.04. The SMILES string of the molecule is COc1ccc(OC)c(N2C(=O)NC(=O)C(=Cc3cn(Cc4ccccc4)c4ccccc34)C2=O)c1. The first-order valence-corrected chi connectivity index (χ1v) is 11.3. The van der Waals surface area contributed by atoms with Gasteiger partial charge in [-0.05, 0) is 29.8 Å². The summed E-state index contributed by atoms with van der Waals surface area (Å²) in [6.07, 6.45) is 3.42. The number of ether oxygens (including phenoxy) is 2. The number of anilines is 1. The van der Waals surface area contributed by atoms with E-state index in [4.69, 9.17) is 9.47 Å². The Hall–Kier alpha value is -4.85. The summed E-state index contributed by atoms with van der Waals surface area (Å²) >= 11 is 0. The van der Waals surface area contributed by atoms with Crippen LogP contribution in [0.4, 0.5) is 10.5 Å². The summed E-state index contributed by atoms with van der Waals surface area (Å²) < 4.78 is 12.7. The molecular weight excluding hydrogens is 458 g/mol. The van der Waals surface area contributed by atoms with Crippen LogP contribution in [0.2, 0.25) is 0 Å². The number of rotatable bonds is 6. The van der Waals surface area contributed by atoms with E-state index in [-0.39, 0.29) is 17.0 Å². The molecule has 36 heavy (non-hydrogen) atoms. The van der Waals surface area contributed by atoms with Gasteiger partial charge in [0.15, 0.2) is 0 Å². The molecule has 0 radical (unpaired) electrons. The average molecular weight is 482 g/mol. The smallest absolute Gasteiger partial charge is 0.336 e. The van der Waals surface area contributed by atoms with Gasteiger partial charge in [0.1, 0.15) is 17.1 Å². The van der Waals surface area contributed by atoms with Crippen molar-refractivity contribution >= 4 is 40.5 Å². The zero-order valence-electron chi connectivity index (χ0n) is 19.7. The van der Waals surface area contributed by atoms with Crippen LogP contribution in [-0.4, -0.2) is 36.6 Å². The molecule has 8 nitrogen and oxygen atoms in total. The summed E-state index contributed by atoms with van der Waals surface area (Å²) in [6, 6.07) is 21.6. The van der Waals surface area contributed by atoms with Gasteiger partial charge in [-0.25, -0.2) is 9.69 Å². The molecule has 1 aliphatic heterocycles. The fourth-order valence-corrected chi connectivity index (χ4v) is 4.30. The zero-order chi connectivity index (χ0) is 25.2. The number of fused-ring (bicyclic) bond motifs is 1. The first-order chi connectivity index (χ1) is 17.5. The van der Waals surface area contributed by atoms with Crippen molar-refractivity contribution in [1.82, 2.24) is 9.88 Å². The molecule has 0 spiro atoms. The highest BCUT2D eigenvalue weighted by Crippen LogP contribution is 2.35. The number of hydrogen-bond acceptors (Lipinski definition) is 5. The van der Waals surface area contributed by atoms with Crippen molar-refractivity contribution in [3.63, 3.8) is 0 Å². The molecule has 0 atom stereocenters. The molecular formula is C28H23N3O5. The van der Waals surface area contributed by atoms with Crippen LogP contribution in [0.3, 0.4) is 0 Å². The second-order valence-corrected chi connectivity index (χ2v) is 8.21. The number of para-hydroxylation sites is 1. The van der Waals surface area contributed by atoms with Gasteiger partial charge in [0.2, 0.25) is 0 Å². The monoisotopic (exact) mass is 481 g/mol. The van der Waals surface area contributed by atoms with Crippen LogP contribution in [0.5, 0.6) is 11.5 Å². The van der Waals surface area contributed by atoms with E-state index in [2.05, 4.69) is 9.88 Å². The number of hydrogen-bond donors (Lipinski definition) is 1. The highest BCUT2D eigenvalue weighted by Gasteiger charge is 2.38. The lowest BCUT2D eigenvalue weighted by Gasteiger charge is -2.27. The summed E-state index contributed by atoms with van der Waals surface area (Å²) in [5.41, 5.74) is 2.77. The number of methoxy groups -OCH3 is 2. The molecule has 0 saturated carbocycles. The fraction of sp³-hybridized carbons (Fsp3) is 0.107. The van der Waals surface area contributed by atoms with Gasteiger partial charge < -0.3 is 14.0 Å². The Morgan fingerprint density at radius 1 is 0.889 bits per heavy atom. The van der Waals surface area contributed by atoms with Gasteiger partial charge in [-0.15, -0.1) is 0 Å². The lowest BCUT2D eigenvalue weighted by Crippen LogP contribution is -2.54. The number of nitrogens with one attached hydrogen (secondary N) is 1. The van der Waals surface area contributed by atoms with Gasteiger partial charge >= 0.3 is 6.03 Å². The Bertz CT molecular complexity index is 1520. The number of barbiturate groups is 1. The largest absolute Gasteiger partial charge is 0.497 e. The number of nitrogens with zero attached hydrogens (tertiary/aromatic N) is 2. The minimum Gasteiger partial charge on any atom is -0.497 e. The Balaban J connectivity index is 1.59. The number of benzene rings is 3. The van der Waals surface area contributed by atoms with Gasteiger partial charge in [-0.2, -0.15) is 0 Å². The lowest BCUT2D eigenvalue weighted by molar-refractivity contribution is -0.122. The predicted octanol–water partition coefficient (Wildman–Crippen LogP) is 4.37. The molecule has 2 heterocycles. The summed E-state index contributed by atoms with van der Waals surface area (Å²) in [5, 5.41) is 3.15. The number of aromatic nitrogens is 1. The fourth-order valence-electron chi connectivity index (χ4n) is 4.30. The maximum atomic E-state index is 13.5. The van der Waals surface area contributed by atoms with E-state index in [9.17, 15) is 14.4 Å². The summed E-state index contributed by atoms with van der Waals surface area (Å²) in [7, 11) is 2.91. The predicted molar refractivity (Wildman–Crippen MR) is 136 cm³/mol. The van der Waals surface area contributed by atoms with E-state index in [1.54, 1.807) is 12.1 Å². The van der Waals surface area contributed by atoms with Crippen molar-refractivity contribution in [2.45, 2.75) is 6.54 Å². The Morgan fingerprint density at radius 3 is 2.39 bits per heavy atom. The van der Waals surface area contributed by atoms with E-state index in [0.29, 0.717) is 17.9 Å². The summed E-state index contributed by atoms with van der Waals surface area (Å²) in [6.45, 7) is 0.621. The van der Waals surface area contributed by atoms with Gasteiger partial charge in [-0.1, -0.05) is 48.5 Å². The third-order valence-electron chi connectivity index (χ3n) is 6.04. The molecule has 0 bridgehead atoms. The van der Waals surface area contributed by atoms with E-state index >= 15 is 0 Å². The van der Waals surface area contributed by atoms with E-state index in [0.717, 1.165) is 21.4 Å². The first-order valence-electron chi connectivity index (χ1n) is 11.3. The summed E-state index contributed by atoms with van der Waals surface area (Å²) in [4.78, 5) is 40.0. The van der Waals surface area contributed by atoms with Crippen LogP contribution in [0.25, 0.3) is 17.0 Å². The van der Waals surface area contributed by atoms with Crippen LogP contribution in [0, 0.1) is 0 Å². The second-order valence-electron chi connectivity index (χ2n) is 8.21. The van der Waals surface area contributed by atoms with E-state index in [1.807, 2.05) is 60.8 Å². The van der Waals surface area contributed by atoms with Crippen LogP contribution in [0.1, 0.15) is 11.1 Å². The quantitative estimate of drug-likeness (QED) is 0.326. The maximum Gasteiger partial charge on any atom is 0.336 e.